The molecule has 118 heavy (non-hydrogen) atoms. The number of halogens is 8. The fraction of sp³-hybridized carbons (Fsp3) is 0.167. The van der Waals surface area contributed by atoms with Crippen LogP contribution in [-0.2, 0) is 45.6 Å². The second-order valence-corrected chi connectivity index (χ2v) is 26.4. The van der Waals surface area contributed by atoms with Crippen LogP contribution in [0.4, 0.5) is 57.0 Å². The third-order valence-electron chi connectivity index (χ3n) is 15.6. The van der Waals surface area contributed by atoms with Crippen molar-refractivity contribution < 1.29 is 73.2 Å². The van der Waals surface area contributed by atoms with E-state index in [9.17, 15) is 54.3 Å². The molecule has 12 aromatic heterocycles. The Labute approximate surface area is 664 Å². The van der Waals surface area contributed by atoms with Crippen LogP contribution in [0.5, 0.6) is 24.0 Å². The standard InChI is InChI=1S/2C19H15F2N7O2.2C17H13F2N7O2S/c1-19(20,21)17(29)24-15-9-5-6-12(23-15)11-30-18-25-16-14(10-22-27-26-16)28(18)13-7-3-2-4-8-13;1-19(20,21)17(29)25-15-9-5-6-12(23-15)11-30-18-24-14-10-22-27-26-16(14)28(18)13-7-3-2-4-8-13;1-17(18,19)14(27)23-15-21-10(9-29-15)8-28-16-22-13-12(7-20-25-24-13)26(16)11-5-3-2-4-6-11;1-17(18,19)14(27)23-15-21-10(9-29-15)8-28-16-22-12-7-20-25-24-13(12)26(16)11-5-3-2-4-6-11/h2-10H,11H2,1H3,(H,23,24,29);2-10H,11H2,1H3,(H,23,25,29);2*2-7,9H,8H2,1H3,(H,21,23,27). The number of aromatic nitrogens is 24. The number of carbonyl (C=O) groups excluding carboxylic acids is 4. The van der Waals surface area contributed by atoms with E-state index >= 15 is 0 Å². The number of hydrogen-bond donors (Lipinski definition) is 4. The number of hydrogen-bond acceptors (Lipinski definition) is 30. The van der Waals surface area contributed by atoms with Gasteiger partial charge in [-0.3, -0.25) is 38.9 Å². The summed E-state index contributed by atoms with van der Waals surface area (Å²) in [6.45, 7) is 2.03. The zero-order valence-corrected chi connectivity index (χ0v) is 62.8. The average Bonchev–Trinajstić information content (AvgIpc) is 1.65. The quantitative estimate of drug-likeness (QED) is 0.0408. The number of carbonyl (C=O) groups is 4. The smallest absolute Gasteiger partial charge is 0.322 e. The van der Waals surface area contributed by atoms with E-state index in [0.717, 1.165) is 45.4 Å². The molecular formula is C72H56F8N28O8S2. The summed E-state index contributed by atoms with van der Waals surface area (Å²) in [6, 6.07) is 47.5. The maximum Gasteiger partial charge on any atom is 0.322 e. The summed E-state index contributed by atoms with van der Waals surface area (Å²) < 4.78 is 134. The van der Waals surface area contributed by atoms with Crippen molar-refractivity contribution in [2.24, 2.45) is 0 Å². The lowest BCUT2D eigenvalue weighted by molar-refractivity contribution is -0.137. The lowest BCUT2D eigenvalue weighted by atomic mass is 10.3. The van der Waals surface area contributed by atoms with Gasteiger partial charge in [0.05, 0.1) is 70.3 Å². The van der Waals surface area contributed by atoms with E-state index in [1.165, 1.54) is 36.9 Å². The maximum absolute atomic E-state index is 13.1. The van der Waals surface area contributed by atoms with E-state index < -0.39 is 47.3 Å². The number of imidazole rings is 4. The van der Waals surface area contributed by atoms with Crippen LogP contribution in [0.15, 0.2) is 193 Å². The van der Waals surface area contributed by atoms with E-state index in [2.05, 4.69) is 123 Å². The van der Waals surface area contributed by atoms with Crippen LogP contribution in [-0.4, -0.2) is 167 Å². The molecule has 600 valence electrons. The van der Waals surface area contributed by atoms with Crippen LogP contribution >= 0.6 is 22.7 Å². The van der Waals surface area contributed by atoms with Crippen molar-refractivity contribution >= 4 is 113 Å². The number of amides is 4. The van der Waals surface area contributed by atoms with Gasteiger partial charge in [-0.05, 0) is 93.6 Å². The number of alkyl halides is 8. The van der Waals surface area contributed by atoms with Crippen molar-refractivity contribution in [3.05, 3.63) is 216 Å². The minimum Gasteiger partial charge on any atom is -0.458 e. The van der Waals surface area contributed by atoms with Crippen molar-refractivity contribution in [1.82, 2.24) is 120 Å². The van der Waals surface area contributed by atoms with E-state index in [1.807, 2.05) is 121 Å². The summed E-state index contributed by atoms with van der Waals surface area (Å²) in [5.74, 6) is -19.7. The van der Waals surface area contributed by atoms with Crippen molar-refractivity contribution in [1.29, 1.82) is 0 Å². The highest BCUT2D eigenvalue weighted by Crippen LogP contribution is 2.32. The first-order valence-corrected chi connectivity index (χ1v) is 36.0. The van der Waals surface area contributed by atoms with Gasteiger partial charge >= 0.3 is 47.7 Å². The molecule has 0 saturated carbocycles. The van der Waals surface area contributed by atoms with Crippen LogP contribution < -0.4 is 40.2 Å². The molecule has 0 fully saturated rings. The van der Waals surface area contributed by atoms with Crippen molar-refractivity contribution in [3.63, 3.8) is 0 Å². The Kier molecular flexibility index (Phi) is 24.3. The minimum atomic E-state index is -3.51. The van der Waals surface area contributed by atoms with Gasteiger partial charge in [-0.2, -0.15) is 55.1 Å². The Hall–Kier alpha value is -15.1. The summed E-state index contributed by atoms with van der Waals surface area (Å²) in [5, 5.41) is 57.0. The first-order chi connectivity index (χ1) is 56.7. The minimum absolute atomic E-state index is 0.00532. The van der Waals surface area contributed by atoms with Crippen molar-refractivity contribution in [3.8, 4) is 46.8 Å². The SMILES string of the molecule is CC(F)(F)C(=O)Nc1cccc(COc2nc3cnnnc3n2-c2ccccc2)n1.CC(F)(F)C(=O)Nc1cccc(COc2nc3nnncc3n2-c2ccccc2)n1.CC(F)(F)C(=O)Nc1nc(COc2nc3cnnnc3n2-c2ccccc2)cs1.CC(F)(F)C(=O)Nc1nc(COc2nc3nnncc3n2-c2ccccc2)cs1. The van der Waals surface area contributed by atoms with E-state index in [-0.39, 0.29) is 72.4 Å². The molecule has 0 radical (unpaired) electrons. The van der Waals surface area contributed by atoms with Gasteiger partial charge in [0.2, 0.25) is 11.3 Å². The molecule has 4 aromatic carbocycles. The summed E-state index contributed by atoms with van der Waals surface area (Å²) >= 11 is 2.04. The fourth-order valence-electron chi connectivity index (χ4n) is 10.2. The van der Waals surface area contributed by atoms with Crippen LogP contribution in [0.25, 0.3) is 67.4 Å². The number of benzene rings is 4. The van der Waals surface area contributed by atoms with Gasteiger partial charge in [0.15, 0.2) is 21.6 Å². The van der Waals surface area contributed by atoms with Gasteiger partial charge in [-0.25, -0.2) is 29.1 Å². The molecule has 16 aromatic rings. The second-order valence-electron chi connectivity index (χ2n) is 24.7. The molecule has 0 saturated heterocycles. The van der Waals surface area contributed by atoms with E-state index in [1.54, 1.807) is 53.3 Å². The van der Waals surface area contributed by atoms with Crippen LogP contribution in [0.2, 0.25) is 0 Å². The highest BCUT2D eigenvalue weighted by molar-refractivity contribution is 7.14. The van der Waals surface area contributed by atoms with Gasteiger partial charge in [0.25, 0.3) is 23.6 Å². The zero-order chi connectivity index (χ0) is 83.1. The monoisotopic (exact) mass is 1660 g/mol. The summed E-state index contributed by atoms with van der Waals surface area (Å²) in [5.41, 5.74) is 8.63. The Morgan fingerprint density at radius 1 is 0.339 bits per heavy atom. The molecule has 36 nitrogen and oxygen atoms in total. The Balaban J connectivity index is 0.000000136. The largest absolute Gasteiger partial charge is 0.458 e. The van der Waals surface area contributed by atoms with Crippen molar-refractivity contribution in [2.45, 2.75) is 77.8 Å². The van der Waals surface area contributed by atoms with Crippen LogP contribution in [0.3, 0.4) is 0 Å². The average molecular weight is 1660 g/mol. The number of fused-ring (bicyclic) bond motifs is 4. The molecule has 46 heteroatoms. The summed E-state index contributed by atoms with van der Waals surface area (Å²) in [7, 11) is 0. The lowest BCUT2D eigenvalue weighted by Crippen LogP contribution is -2.31. The fourth-order valence-corrected chi connectivity index (χ4v) is 11.5. The molecule has 16 rings (SSSR count). The lowest BCUT2D eigenvalue weighted by Gasteiger charge is -2.12. The normalized spacial score (nSPS) is 11.5. The third kappa shape index (κ3) is 20.3. The van der Waals surface area contributed by atoms with Gasteiger partial charge in [0, 0.05) is 38.5 Å². The van der Waals surface area contributed by atoms with E-state index in [4.69, 9.17) is 18.9 Å². The molecule has 4 amide bonds. The third-order valence-corrected chi connectivity index (χ3v) is 17.2. The van der Waals surface area contributed by atoms with E-state index in [0.29, 0.717) is 95.1 Å². The Morgan fingerprint density at radius 3 is 0.992 bits per heavy atom. The molecular weight excluding hydrogens is 1600 g/mol. The molecule has 0 aliphatic carbocycles. The molecule has 0 atom stereocenters. The highest BCUT2D eigenvalue weighted by Gasteiger charge is 2.36. The highest BCUT2D eigenvalue weighted by atomic mass is 32.1. The molecule has 0 spiro atoms. The number of pyridine rings is 2. The number of nitrogens with zero attached hydrogens (tertiary/aromatic N) is 24. The summed E-state index contributed by atoms with van der Waals surface area (Å²) in [4.78, 5) is 79.5. The molecule has 0 bridgehead atoms. The molecule has 0 unspecified atom stereocenters. The number of nitrogens with one attached hydrogen (secondary N) is 4. The van der Waals surface area contributed by atoms with Crippen LogP contribution in [0, 0.1) is 0 Å². The van der Waals surface area contributed by atoms with Gasteiger partial charge < -0.3 is 29.6 Å². The molecule has 0 aliphatic heterocycles. The van der Waals surface area contributed by atoms with Crippen LogP contribution in [0.1, 0.15) is 50.5 Å². The Bertz CT molecular complexity index is 5820. The number of rotatable bonds is 24. The summed E-state index contributed by atoms with van der Waals surface area (Å²) in [6.07, 6.45) is 5.98. The van der Waals surface area contributed by atoms with Gasteiger partial charge in [-0.15, -0.1) is 63.5 Å². The number of ether oxygens (including phenoxy) is 4. The zero-order valence-electron chi connectivity index (χ0n) is 61.1. The number of anilines is 4. The number of thiazole rings is 2. The van der Waals surface area contributed by atoms with Gasteiger partial charge in [0.1, 0.15) is 60.1 Å². The number of para-hydroxylation sites is 4. The van der Waals surface area contributed by atoms with Crippen molar-refractivity contribution in [2.75, 3.05) is 21.3 Å². The molecule has 12 heterocycles. The first-order valence-electron chi connectivity index (χ1n) is 34.2. The predicted octanol–water partition coefficient (Wildman–Crippen LogP) is 11.2. The second kappa shape index (κ2) is 35.5. The predicted molar refractivity (Wildman–Crippen MR) is 405 cm³/mol. The van der Waals surface area contributed by atoms with Gasteiger partial charge in [-0.1, -0.05) is 84.9 Å². The molecule has 4 N–H and O–H groups in total. The Morgan fingerprint density at radius 2 is 0.644 bits per heavy atom. The maximum atomic E-state index is 13.1. The topological polar surface area (TPSA) is 431 Å². The first kappa shape index (κ1) is 80.9. The molecule has 0 aliphatic rings.